The van der Waals surface area contributed by atoms with Gasteiger partial charge in [-0.25, -0.2) is 0 Å². The minimum absolute atomic E-state index is 0. The van der Waals surface area contributed by atoms with Crippen LogP contribution in [0.4, 0.5) is 0 Å². The summed E-state index contributed by atoms with van der Waals surface area (Å²) in [5.74, 6) is 0. The first-order valence-corrected chi connectivity index (χ1v) is 1.58. The highest BCUT2D eigenvalue weighted by atomic mass is 14.4. The minimum Gasteiger partial charge on any atom is -0.333 e. The van der Waals surface area contributed by atoms with Crippen molar-refractivity contribution in [3.8, 4) is 0 Å². The largest absolute Gasteiger partial charge is 0.333 e. The first kappa shape index (κ1) is 64.4. The lowest BCUT2D eigenvalue weighted by Crippen LogP contribution is -1.69. The van der Waals surface area contributed by atoms with Crippen LogP contribution in [0.2, 0.25) is 0 Å². The maximum absolute atomic E-state index is 4.50. The zero-order valence-electron chi connectivity index (χ0n) is 3.58. The van der Waals surface area contributed by atoms with E-state index in [4.69, 9.17) is 0 Å². The van der Waals surface area contributed by atoms with Gasteiger partial charge < -0.3 is 5.73 Å². The zero-order valence-corrected chi connectivity index (χ0v) is 3.58. The average molecular weight is 109 g/mol. The highest BCUT2D eigenvalue weighted by molar-refractivity contribution is 3.54. The fourth-order valence-electron chi connectivity index (χ4n) is 0. The maximum Gasteiger partial charge on any atom is -0.0195 e. The number of rotatable bonds is 0. The second kappa shape index (κ2) is 91600. The predicted molar refractivity (Wildman–Crippen MR) is 41.7 cm³/mol. The van der Waals surface area contributed by atoms with Gasteiger partial charge in [-0.05, 0) is 7.05 Å². The van der Waals surface area contributed by atoms with Crippen molar-refractivity contribution in [1.29, 1.82) is 0 Å². The summed E-state index contributed by atoms with van der Waals surface area (Å²) in [4.78, 5) is 0. The molecule has 0 heterocycles. The lowest BCUT2D eigenvalue weighted by molar-refractivity contribution is 1.48. The molecule has 0 aliphatic rings. The van der Waals surface area contributed by atoms with Crippen molar-refractivity contribution in [2.45, 2.75) is 36.1 Å². The van der Waals surface area contributed by atoms with Crippen LogP contribution in [0.3, 0.4) is 0 Å². The molecule has 52 valence electrons. The van der Waals surface area contributed by atoms with Crippen LogP contribution in [0, 0.1) is 0 Å². The van der Waals surface area contributed by atoms with Gasteiger partial charge in [0, 0.05) is 0 Å². The predicted octanol–water partition coefficient (Wildman–Crippen LogP) is 2.51. The molecule has 0 fully saturated rings. The lowest BCUT2D eigenvalue weighted by Gasteiger charge is -1.19. The molecular weight excluding hydrogens is 86.1 g/mol. The van der Waals surface area contributed by atoms with Gasteiger partial charge in [0.15, 0.2) is 0 Å². The average Bonchev–Trinajstić information content (AvgIpc) is 1.50. The zero-order chi connectivity index (χ0) is 4.00. The van der Waals surface area contributed by atoms with Crippen LogP contribution < -0.4 is 5.73 Å². The smallest absolute Gasteiger partial charge is 0.0195 e. The summed E-state index contributed by atoms with van der Waals surface area (Å²) in [6.45, 7) is 4.00. The molecule has 0 spiro atoms. The molecule has 0 aliphatic heterocycles. The second-order valence-corrected chi connectivity index (χ2v) is 0. The van der Waals surface area contributed by atoms with Crippen LogP contribution >= 0.6 is 0 Å². The summed E-state index contributed by atoms with van der Waals surface area (Å²) in [5.41, 5.74) is 4.50. The summed E-state index contributed by atoms with van der Waals surface area (Å²) < 4.78 is 0. The number of nitrogens with two attached hydrogens (primary N) is 1. The van der Waals surface area contributed by atoms with Crippen molar-refractivity contribution in [2.75, 3.05) is 7.05 Å². The van der Waals surface area contributed by atoms with Gasteiger partial charge >= 0.3 is 0 Å². The van der Waals surface area contributed by atoms with Crippen LogP contribution in [0.1, 0.15) is 36.1 Å². The lowest BCUT2D eigenvalue weighted by atomic mass is 11.0. The van der Waals surface area contributed by atoms with Gasteiger partial charge in [-0.15, -0.1) is 0 Å². The molecule has 0 bridgehead atoms. The van der Waals surface area contributed by atoms with Crippen molar-refractivity contribution >= 4 is 0 Å². The Morgan fingerprint density at radius 3 is 0.714 bits per heavy atom. The van der Waals surface area contributed by atoms with Crippen molar-refractivity contribution < 1.29 is 0 Å². The third-order valence-electron chi connectivity index (χ3n) is 0. The van der Waals surface area contributed by atoms with E-state index in [0.717, 1.165) is 0 Å². The van der Waals surface area contributed by atoms with Crippen molar-refractivity contribution in [2.24, 2.45) is 5.73 Å². The van der Waals surface area contributed by atoms with E-state index < -0.39 is 0 Å². The van der Waals surface area contributed by atoms with Crippen LogP contribution in [0.5, 0.6) is 0 Å². The Morgan fingerprint density at radius 1 is 0.714 bits per heavy atom. The molecule has 0 aromatic carbocycles. The standard InChI is InChI=1S/C2H6.CH5N.3CH4/c2*1-2;;;/h1-2H3;2H2,1H3;3*1H4. The van der Waals surface area contributed by atoms with E-state index in [1.165, 1.54) is 7.05 Å². The van der Waals surface area contributed by atoms with E-state index in [9.17, 15) is 0 Å². The molecular formula is C6H23N. The minimum atomic E-state index is 0. The van der Waals surface area contributed by atoms with Gasteiger partial charge in [-0.2, -0.15) is 0 Å². The summed E-state index contributed by atoms with van der Waals surface area (Å²) in [5, 5.41) is 0. The molecule has 0 aromatic heterocycles. The molecule has 2 N–H and O–H groups in total. The quantitative estimate of drug-likeness (QED) is 0.508. The maximum atomic E-state index is 4.50. The van der Waals surface area contributed by atoms with E-state index in [-0.39, 0.29) is 22.3 Å². The molecule has 0 radical (unpaired) electrons. The fraction of sp³-hybridized carbons (Fsp3) is 1.00. The molecule has 7 heavy (non-hydrogen) atoms. The summed E-state index contributed by atoms with van der Waals surface area (Å²) in [6, 6.07) is 0. The van der Waals surface area contributed by atoms with Crippen LogP contribution in [-0.4, -0.2) is 7.05 Å². The molecule has 0 aromatic rings. The third kappa shape index (κ3) is 58400. The van der Waals surface area contributed by atoms with Gasteiger partial charge in [-0.3, -0.25) is 0 Å². The van der Waals surface area contributed by atoms with Gasteiger partial charge in [0.1, 0.15) is 0 Å². The van der Waals surface area contributed by atoms with Gasteiger partial charge in [0.25, 0.3) is 0 Å². The Labute approximate surface area is 49.9 Å². The van der Waals surface area contributed by atoms with Crippen molar-refractivity contribution in [3.05, 3.63) is 0 Å². The molecule has 0 saturated heterocycles. The molecule has 0 amide bonds. The first-order chi connectivity index (χ1) is 2.00. The Kier molecular flexibility index (Phi) is 843000. The van der Waals surface area contributed by atoms with E-state index >= 15 is 0 Å². The molecule has 1 nitrogen and oxygen atoms in total. The Hall–Kier alpha value is -0.0400. The first-order valence-electron chi connectivity index (χ1n) is 1.58. The van der Waals surface area contributed by atoms with Crippen LogP contribution in [-0.2, 0) is 0 Å². The SMILES string of the molecule is C.C.C.CC.CN. The normalized spacial score (nSPS) is 1.71. The van der Waals surface area contributed by atoms with E-state index in [1.54, 1.807) is 0 Å². The Balaban J connectivity index is -0.00000000267. The highest BCUT2D eigenvalue weighted by Gasteiger charge is 0.932. The molecule has 0 atom stereocenters. The van der Waals surface area contributed by atoms with E-state index in [0.29, 0.717) is 0 Å². The Bertz CT molecular complexity index is 4.14. The number of hydrogen-bond donors (Lipinski definition) is 1. The van der Waals surface area contributed by atoms with E-state index in [2.05, 4.69) is 5.73 Å². The molecule has 0 unspecified atom stereocenters. The summed E-state index contributed by atoms with van der Waals surface area (Å²) in [7, 11) is 1.50. The van der Waals surface area contributed by atoms with Gasteiger partial charge in [-0.1, -0.05) is 36.1 Å². The second-order valence-electron chi connectivity index (χ2n) is 0. The molecule has 0 rings (SSSR count). The molecule has 0 saturated carbocycles. The van der Waals surface area contributed by atoms with Gasteiger partial charge in [0.05, 0.1) is 0 Å². The van der Waals surface area contributed by atoms with Gasteiger partial charge in [0.2, 0.25) is 0 Å². The van der Waals surface area contributed by atoms with Crippen molar-refractivity contribution in [1.82, 2.24) is 0 Å². The van der Waals surface area contributed by atoms with Crippen molar-refractivity contribution in [3.63, 3.8) is 0 Å². The third-order valence-corrected chi connectivity index (χ3v) is 0. The highest BCUT2D eigenvalue weighted by Crippen LogP contribution is 1.14. The monoisotopic (exact) mass is 109 g/mol. The molecule has 0 aliphatic carbocycles. The summed E-state index contributed by atoms with van der Waals surface area (Å²) in [6.07, 6.45) is 0. The molecule has 1 heteroatoms. The fourth-order valence-corrected chi connectivity index (χ4v) is 0. The van der Waals surface area contributed by atoms with Crippen LogP contribution in [0.15, 0.2) is 0 Å². The van der Waals surface area contributed by atoms with E-state index in [1.807, 2.05) is 13.8 Å². The number of hydrogen-bond acceptors (Lipinski definition) is 1. The Morgan fingerprint density at radius 2 is 0.714 bits per heavy atom. The summed E-state index contributed by atoms with van der Waals surface area (Å²) >= 11 is 0. The topological polar surface area (TPSA) is 26.0 Å². The van der Waals surface area contributed by atoms with Crippen LogP contribution in [0.25, 0.3) is 0 Å².